The van der Waals surface area contributed by atoms with Crippen LogP contribution in [0.5, 0.6) is 17.2 Å². The molecule has 7 nitrogen and oxygen atoms in total. The Morgan fingerprint density at radius 2 is 1.88 bits per heavy atom. The van der Waals surface area contributed by atoms with E-state index in [9.17, 15) is 4.79 Å². The van der Waals surface area contributed by atoms with Gasteiger partial charge in [0.15, 0.2) is 11.5 Å². The normalized spacial score (nSPS) is 13.0. The second-order valence-corrected chi connectivity index (χ2v) is 8.80. The number of H-pyrrole nitrogens is 1. The van der Waals surface area contributed by atoms with Crippen molar-refractivity contribution >= 4 is 39.5 Å². The molecule has 2 N–H and O–H groups in total. The summed E-state index contributed by atoms with van der Waals surface area (Å²) in [5.74, 6) is 1.40. The molecule has 5 rings (SSSR count). The Bertz CT molecular complexity index is 1330. The summed E-state index contributed by atoms with van der Waals surface area (Å²) >= 11 is 1.82. The SMILES string of the molecule is COc1cc(OC)c2cc(C(=O)Nc3ccccc3N3CCc4sccc4C3)[nH]c2c1OC. The van der Waals surface area contributed by atoms with Gasteiger partial charge in [0.2, 0.25) is 0 Å². The molecule has 170 valence electrons. The van der Waals surface area contributed by atoms with E-state index in [1.54, 1.807) is 33.5 Å². The van der Waals surface area contributed by atoms with Crippen molar-refractivity contribution in [1.82, 2.24) is 4.98 Å². The number of ether oxygens (including phenoxy) is 3. The van der Waals surface area contributed by atoms with Gasteiger partial charge in [-0.05, 0) is 41.6 Å². The van der Waals surface area contributed by atoms with Crippen molar-refractivity contribution in [2.24, 2.45) is 0 Å². The second kappa shape index (κ2) is 8.71. The first kappa shape index (κ1) is 21.2. The van der Waals surface area contributed by atoms with Gasteiger partial charge in [-0.15, -0.1) is 11.3 Å². The summed E-state index contributed by atoms with van der Waals surface area (Å²) in [5.41, 5.74) is 4.19. The summed E-state index contributed by atoms with van der Waals surface area (Å²) in [4.78, 5) is 20.2. The number of hydrogen-bond acceptors (Lipinski definition) is 6. The lowest BCUT2D eigenvalue weighted by molar-refractivity contribution is 0.102. The fourth-order valence-corrected chi connectivity index (χ4v) is 5.25. The number of nitrogens with zero attached hydrogens (tertiary/aromatic N) is 1. The van der Waals surface area contributed by atoms with Crippen LogP contribution in [-0.4, -0.2) is 38.8 Å². The number of amides is 1. The van der Waals surface area contributed by atoms with E-state index in [-0.39, 0.29) is 5.91 Å². The largest absolute Gasteiger partial charge is 0.496 e. The van der Waals surface area contributed by atoms with Gasteiger partial charge in [0, 0.05) is 29.4 Å². The number of hydrogen-bond donors (Lipinski definition) is 2. The molecule has 2 aromatic heterocycles. The lowest BCUT2D eigenvalue weighted by Gasteiger charge is -2.30. The molecule has 0 atom stereocenters. The molecule has 0 aliphatic carbocycles. The van der Waals surface area contributed by atoms with Gasteiger partial charge in [0.1, 0.15) is 11.4 Å². The van der Waals surface area contributed by atoms with Crippen LogP contribution in [0.2, 0.25) is 0 Å². The maximum Gasteiger partial charge on any atom is 0.272 e. The van der Waals surface area contributed by atoms with Crippen LogP contribution in [0, 0.1) is 0 Å². The van der Waals surface area contributed by atoms with Gasteiger partial charge >= 0.3 is 0 Å². The minimum Gasteiger partial charge on any atom is -0.496 e. The average Bonchev–Trinajstić information content (AvgIpc) is 3.50. The Kier molecular flexibility index (Phi) is 5.60. The number of para-hydroxylation sites is 2. The number of aromatic amines is 1. The maximum atomic E-state index is 13.3. The molecule has 0 saturated heterocycles. The third-order valence-corrected chi connectivity index (χ3v) is 7.01. The van der Waals surface area contributed by atoms with Gasteiger partial charge in [-0.2, -0.15) is 0 Å². The Hall–Kier alpha value is -3.65. The highest BCUT2D eigenvalue weighted by Gasteiger charge is 2.22. The van der Waals surface area contributed by atoms with Crippen molar-refractivity contribution in [3.8, 4) is 17.2 Å². The smallest absolute Gasteiger partial charge is 0.272 e. The molecule has 8 heteroatoms. The fraction of sp³-hybridized carbons (Fsp3) is 0.240. The topological polar surface area (TPSA) is 75.8 Å². The number of benzene rings is 2. The molecule has 0 unspecified atom stereocenters. The maximum absolute atomic E-state index is 13.3. The molecule has 4 aromatic rings. The number of rotatable bonds is 6. The predicted molar refractivity (Wildman–Crippen MR) is 131 cm³/mol. The van der Waals surface area contributed by atoms with Crippen LogP contribution in [0.15, 0.2) is 47.8 Å². The average molecular weight is 464 g/mol. The lowest BCUT2D eigenvalue weighted by Crippen LogP contribution is -2.30. The molecule has 1 aliphatic rings. The molecule has 33 heavy (non-hydrogen) atoms. The molecular weight excluding hydrogens is 438 g/mol. The zero-order valence-corrected chi connectivity index (χ0v) is 19.5. The van der Waals surface area contributed by atoms with Crippen molar-refractivity contribution in [2.75, 3.05) is 38.1 Å². The summed E-state index contributed by atoms with van der Waals surface area (Å²) in [6.07, 6.45) is 1.01. The van der Waals surface area contributed by atoms with Crippen molar-refractivity contribution < 1.29 is 19.0 Å². The number of aromatic nitrogens is 1. The van der Waals surface area contributed by atoms with Gasteiger partial charge in [-0.3, -0.25) is 4.79 Å². The van der Waals surface area contributed by atoms with Crippen molar-refractivity contribution in [2.45, 2.75) is 13.0 Å². The van der Waals surface area contributed by atoms with E-state index in [1.807, 2.05) is 29.5 Å². The highest BCUT2D eigenvalue weighted by molar-refractivity contribution is 7.10. The Morgan fingerprint density at radius 3 is 2.67 bits per heavy atom. The van der Waals surface area contributed by atoms with Crippen molar-refractivity contribution in [3.63, 3.8) is 0 Å². The van der Waals surface area contributed by atoms with E-state index in [2.05, 4.69) is 32.7 Å². The number of carbonyl (C=O) groups excluding carboxylic acids is 1. The molecule has 0 bridgehead atoms. The molecule has 0 radical (unpaired) electrons. The first-order chi connectivity index (χ1) is 16.1. The minimum atomic E-state index is -0.241. The Morgan fingerprint density at radius 1 is 1.06 bits per heavy atom. The predicted octanol–water partition coefficient (Wildman–Crippen LogP) is 5.07. The summed E-state index contributed by atoms with van der Waals surface area (Å²) in [5, 5.41) is 5.98. The zero-order valence-electron chi connectivity index (χ0n) is 18.7. The first-order valence-corrected chi connectivity index (χ1v) is 11.5. The van der Waals surface area contributed by atoms with Crippen molar-refractivity contribution in [3.05, 3.63) is 64.0 Å². The highest BCUT2D eigenvalue weighted by Crippen LogP contribution is 2.41. The highest BCUT2D eigenvalue weighted by atomic mass is 32.1. The number of anilines is 2. The molecule has 0 saturated carbocycles. The number of carbonyl (C=O) groups is 1. The number of methoxy groups -OCH3 is 3. The number of nitrogens with one attached hydrogen (secondary N) is 2. The second-order valence-electron chi connectivity index (χ2n) is 7.80. The third-order valence-electron chi connectivity index (χ3n) is 5.99. The van der Waals surface area contributed by atoms with Crippen LogP contribution in [0.1, 0.15) is 20.9 Å². The molecular formula is C25H25N3O4S. The summed E-state index contributed by atoms with van der Waals surface area (Å²) in [6.45, 7) is 1.76. The summed E-state index contributed by atoms with van der Waals surface area (Å²) < 4.78 is 16.5. The lowest BCUT2D eigenvalue weighted by atomic mass is 10.1. The van der Waals surface area contributed by atoms with E-state index in [1.165, 1.54) is 10.4 Å². The van der Waals surface area contributed by atoms with Gasteiger partial charge < -0.3 is 29.4 Å². The van der Waals surface area contributed by atoms with Gasteiger partial charge in [0.25, 0.3) is 5.91 Å². The van der Waals surface area contributed by atoms with Crippen LogP contribution in [0.25, 0.3) is 10.9 Å². The molecule has 1 amide bonds. The zero-order chi connectivity index (χ0) is 22.9. The van der Waals surface area contributed by atoms with E-state index >= 15 is 0 Å². The van der Waals surface area contributed by atoms with Crippen molar-refractivity contribution in [1.29, 1.82) is 0 Å². The quantitative estimate of drug-likeness (QED) is 0.418. The third kappa shape index (κ3) is 3.76. The van der Waals surface area contributed by atoms with Gasteiger partial charge in [-0.25, -0.2) is 0 Å². The molecule has 1 aliphatic heterocycles. The molecule has 2 aromatic carbocycles. The Balaban J connectivity index is 1.46. The molecule has 0 spiro atoms. The first-order valence-electron chi connectivity index (χ1n) is 10.6. The number of thiophene rings is 1. The van der Waals surface area contributed by atoms with E-state index in [4.69, 9.17) is 14.2 Å². The molecule has 0 fully saturated rings. The minimum absolute atomic E-state index is 0.241. The van der Waals surface area contributed by atoms with Gasteiger partial charge in [-0.1, -0.05) is 12.1 Å². The monoisotopic (exact) mass is 463 g/mol. The van der Waals surface area contributed by atoms with Crippen LogP contribution < -0.4 is 24.4 Å². The van der Waals surface area contributed by atoms with Crippen LogP contribution in [0.4, 0.5) is 11.4 Å². The fourth-order valence-electron chi connectivity index (χ4n) is 4.36. The Labute approximate surface area is 195 Å². The van der Waals surface area contributed by atoms with Crippen LogP contribution >= 0.6 is 11.3 Å². The van der Waals surface area contributed by atoms with E-state index in [0.29, 0.717) is 28.5 Å². The number of fused-ring (bicyclic) bond motifs is 2. The van der Waals surface area contributed by atoms with Gasteiger partial charge in [0.05, 0.1) is 38.2 Å². The van der Waals surface area contributed by atoms with E-state index in [0.717, 1.165) is 36.3 Å². The molecule has 3 heterocycles. The van der Waals surface area contributed by atoms with E-state index < -0.39 is 0 Å². The van der Waals surface area contributed by atoms with Crippen LogP contribution in [0.3, 0.4) is 0 Å². The standard InChI is InChI=1S/C25H25N3O4S/c1-30-20-13-21(31-2)24(32-3)23-16(20)12-18(26-23)25(29)27-17-6-4-5-7-19(17)28-10-8-22-15(14-28)9-11-33-22/h4-7,9,11-13,26H,8,10,14H2,1-3H3,(H,27,29). The summed E-state index contributed by atoms with van der Waals surface area (Å²) in [6, 6.07) is 13.6. The van der Waals surface area contributed by atoms with Crippen LogP contribution in [-0.2, 0) is 13.0 Å². The summed E-state index contributed by atoms with van der Waals surface area (Å²) in [7, 11) is 4.72.